The summed E-state index contributed by atoms with van der Waals surface area (Å²) in [6.45, 7) is 0.291. The Morgan fingerprint density at radius 3 is 2.06 bits per heavy atom. The Labute approximate surface area is 195 Å². The van der Waals surface area contributed by atoms with Gasteiger partial charge in [-0.3, -0.25) is 9.59 Å². The fourth-order valence-corrected chi connectivity index (χ4v) is 4.58. The van der Waals surface area contributed by atoms with Crippen LogP contribution in [0.25, 0.3) is 0 Å². The summed E-state index contributed by atoms with van der Waals surface area (Å²) in [5.74, 6) is -8.24. The maximum Gasteiger partial charge on any atom is 0.339 e. The first-order valence-corrected chi connectivity index (χ1v) is 10.2. The lowest BCUT2D eigenvalue weighted by molar-refractivity contribution is -0.232. The van der Waals surface area contributed by atoms with Crippen LogP contribution < -0.4 is 0 Å². The third-order valence-electron chi connectivity index (χ3n) is 6.33. The van der Waals surface area contributed by atoms with Crippen molar-refractivity contribution in [3.05, 3.63) is 45.0 Å². The van der Waals surface area contributed by atoms with Gasteiger partial charge in [-0.05, 0) is 18.6 Å². The van der Waals surface area contributed by atoms with Crippen LogP contribution in [0.2, 0.25) is 0 Å². The van der Waals surface area contributed by atoms with Crippen molar-refractivity contribution >= 4 is 17.5 Å². The molecule has 0 amide bonds. The predicted molar refractivity (Wildman–Crippen MR) is 111 cm³/mol. The molecule has 4 rings (SSSR count). The summed E-state index contributed by atoms with van der Waals surface area (Å²) in [7, 11) is 0. The number of aromatic hydroxyl groups is 4. The number of aliphatic hydroxyl groups is 4. The van der Waals surface area contributed by atoms with Crippen LogP contribution in [0.15, 0.2) is 6.07 Å². The lowest BCUT2D eigenvalue weighted by atomic mass is 9.77. The maximum atomic E-state index is 13.4. The summed E-state index contributed by atoms with van der Waals surface area (Å²) in [6, 6.07) is 0.716. The van der Waals surface area contributed by atoms with Gasteiger partial charge in [-0.15, -0.1) is 0 Å². The molecule has 2 aromatic rings. The lowest BCUT2D eigenvalue weighted by Crippen LogP contribution is -2.55. The largest absolute Gasteiger partial charge is 0.507 e. The average molecular weight is 492 g/mol. The quantitative estimate of drug-likeness (QED) is 0.154. The predicted octanol–water partition coefficient (Wildman–Crippen LogP) is -1.19. The minimum Gasteiger partial charge on any atom is -0.507 e. The molecule has 0 aromatic heterocycles. The molecule has 13 nitrogen and oxygen atoms in total. The molecule has 9 N–H and O–H groups in total. The van der Waals surface area contributed by atoms with Crippen molar-refractivity contribution < 1.29 is 65.1 Å². The molecule has 0 saturated carbocycles. The van der Waals surface area contributed by atoms with E-state index in [1.54, 1.807) is 0 Å². The zero-order valence-corrected chi connectivity index (χ0v) is 17.8. The second kappa shape index (κ2) is 8.18. The second-order valence-electron chi connectivity index (χ2n) is 8.24. The third kappa shape index (κ3) is 3.25. The van der Waals surface area contributed by atoms with Gasteiger partial charge in [-0.1, -0.05) is 0 Å². The van der Waals surface area contributed by atoms with E-state index in [1.165, 1.54) is 0 Å². The molecule has 1 aliphatic heterocycles. The molecule has 1 heterocycles. The van der Waals surface area contributed by atoms with Gasteiger partial charge in [-0.2, -0.15) is 0 Å². The smallest absolute Gasteiger partial charge is 0.339 e. The fraction of sp³-hybridized carbons (Fsp3) is 0.318. The Balaban J connectivity index is 1.99. The Morgan fingerprint density at radius 2 is 1.49 bits per heavy atom. The normalized spacial score (nSPS) is 25.8. The van der Waals surface area contributed by atoms with Gasteiger partial charge in [0.2, 0.25) is 0 Å². The van der Waals surface area contributed by atoms with E-state index in [2.05, 4.69) is 0 Å². The van der Waals surface area contributed by atoms with Crippen LogP contribution in [0.4, 0.5) is 0 Å². The first kappa shape index (κ1) is 24.4. The zero-order chi connectivity index (χ0) is 26.1. The Bertz CT molecular complexity index is 1300. The standard InChI is InChI=1S/C22H20O13/c1-4-8-5(2-6(24)9(4)22(33)34)13(25)10-11(15(8)27)16(28)12(18(30)17(10)29)21-20(32)19(31)14(26)7(3-23)35-21/h2,7,14,19-21,23-24,26,28-32H,3H2,1H3,(H,33,34)/t7?,14-,19+,20?,21-/m1/s1. The second-order valence-corrected chi connectivity index (χ2v) is 8.24. The minimum atomic E-state index is -2.03. The van der Waals surface area contributed by atoms with E-state index < -0.39 is 111 Å². The number of phenols is 4. The van der Waals surface area contributed by atoms with E-state index in [0.29, 0.717) is 6.07 Å². The number of carboxylic acid groups (broad SMARTS) is 1. The molecule has 0 radical (unpaired) electrons. The molecular formula is C22H20O13. The number of hydrogen-bond acceptors (Lipinski definition) is 12. The van der Waals surface area contributed by atoms with Crippen LogP contribution in [0.1, 0.15) is 59.4 Å². The van der Waals surface area contributed by atoms with Crippen LogP contribution in [0.3, 0.4) is 0 Å². The third-order valence-corrected chi connectivity index (χ3v) is 6.33. The molecule has 0 bridgehead atoms. The van der Waals surface area contributed by atoms with Crippen molar-refractivity contribution in [2.75, 3.05) is 6.61 Å². The van der Waals surface area contributed by atoms with Crippen LogP contribution in [0.5, 0.6) is 23.0 Å². The monoisotopic (exact) mass is 492 g/mol. The molecule has 2 unspecified atom stereocenters. The number of ketones is 2. The maximum absolute atomic E-state index is 13.4. The number of carbonyl (C=O) groups excluding carboxylic acids is 2. The summed E-state index contributed by atoms with van der Waals surface area (Å²) in [4.78, 5) is 38.1. The molecule has 2 aliphatic rings. The van der Waals surface area contributed by atoms with E-state index in [9.17, 15) is 60.3 Å². The molecule has 2 aromatic carbocycles. The molecule has 186 valence electrons. The number of ether oxygens (including phenoxy) is 1. The van der Waals surface area contributed by atoms with E-state index >= 15 is 0 Å². The van der Waals surface area contributed by atoms with Crippen molar-refractivity contribution in [3.8, 4) is 23.0 Å². The Hall–Kier alpha value is -3.75. The summed E-state index contributed by atoms with van der Waals surface area (Å²) >= 11 is 0. The van der Waals surface area contributed by atoms with Crippen LogP contribution in [-0.2, 0) is 4.74 Å². The highest BCUT2D eigenvalue weighted by atomic mass is 16.5. The van der Waals surface area contributed by atoms with Gasteiger partial charge < -0.3 is 50.7 Å². The number of carboxylic acids is 1. The van der Waals surface area contributed by atoms with Crippen molar-refractivity contribution in [3.63, 3.8) is 0 Å². The number of aliphatic hydroxyl groups excluding tert-OH is 4. The van der Waals surface area contributed by atoms with Gasteiger partial charge in [0, 0.05) is 11.1 Å². The fourth-order valence-electron chi connectivity index (χ4n) is 4.58. The minimum absolute atomic E-state index is 0.308. The molecule has 13 heteroatoms. The molecule has 35 heavy (non-hydrogen) atoms. The molecule has 1 saturated heterocycles. The number of aromatic carboxylic acids is 1. The Morgan fingerprint density at radius 1 is 0.886 bits per heavy atom. The highest BCUT2D eigenvalue weighted by Crippen LogP contribution is 2.52. The van der Waals surface area contributed by atoms with E-state index in [1.807, 2.05) is 0 Å². The summed E-state index contributed by atoms with van der Waals surface area (Å²) in [5, 5.41) is 91.5. The van der Waals surface area contributed by atoms with Crippen LogP contribution >= 0.6 is 0 Å². The van der Waals surface area contributed by atoms with Gasteiger partial charge in [0.05, 0.1) is 23.3 Å². The van der Waals surface area contributed by atoms with Gasteiger partial charge in [0.25, 0.3) is 0 Å². The first-order chi connectivity index (χ1) is 16.3. The summed E-state index contributed by atoms with van der Waals surface area (Å²) in [5.41, 5.74) is -4.49. The number of hydrogen-bond donors (Lipinski definition) is 9. The highest BCUT2D eigenvalue weighted by Gasteiger charge is 2.48. The number of carbonyl (C=O) groups is 3. The number of fused-ring (bicyclic) bond motifs is 2. The van der Waals surface area contributed by atoms with Gasteiger partial charge in [0.15, 0.2) is 23.1 Å². The number of benzene rings is 2. The summed E-state index contributed by atoms with van der Waals surface area (Å²) in [6.07, 6.45) is -9.12. The van der Waals surface area contributed by atoms with E-state index in [4.69, 9.17) is 4.74 Å². The summed E-state index contributed by atoms with van der Waals surface area (Å²) < 4.78 is 5.30. The van der Waals surface area contributed by atoms with Gasteiger partial charge in [0.1, 0.15) is 47.6 Å². The molecular weight excluding hydrogens is 472 g/mol. The average Bonchev–Trinajstić information content (AvgIpc) is 2.79. The lowest BCUT2D eigenvalue weighted by Gasteiger charge is -2.40. The molecule has 0 spiro atoms. The zero-order valence-electron chi connectivity index (χ0n) is 17.8. The van der Waals surface area contributed by atoms with E-state index in [0.717, 1.165) is 6.92 Å². The first-order valence-electron chi connectivity index (χ1n) is 10.2. The molecule has 1 aliphatic carbocycles. The van der Waals surface area contributed by atoms with Crippen molar-refractivity contribution in [2.24, 2.45) is 0 Å². The van der Waals surface area contributed by atoms with Crippen LogP contribution in [0, 0.1) is 6.92 Å². The number of phenolic OH excluding ortho intramolecular Hbond substituents is 3. The van der Waals surface area contributed by atoms with Crippen molar-refractivity contribution in [2.45, 2.75) is 37.4 Å². The van der Waals surface area contributed by atoms with Crippen LogP contribution in [-0.4, -0.2) is 94.5 Å². The van der Waals surface area contributed by atoms with E-state index in [-0.39, 0.29) is 5.56 Å². The van der Waals surface area contributed by atoms with Gasteiger partial charge >= 0.3 is 5.97 Å². The number of rotatable bonds is 3. The SMILES string of the molecule is Cc1c(C(=O)O)c(O)cc2c1C(=O)c1c(O)c([C@H]3OC(CO)[C@@H](O)[C@H](O)C3O)c(O)c(O)c1C2=O. The molecule has 1 fully saturated rings. The Kier molecular flexibility index (Phi) is 5.70. The van der Waals surface area contributed by atoms with Gasteiger partial charge in [-0.25, -0.2) is 4.79 Å². The highest BCUT2D eigenvalue weighted by molar-refractivity contribution is 6.31. The molecule has 5 atom stereocenters. The topological polar surface area (TPSA) is 243 Å². The van der Waals surface area contributed by atoms with Crippen molar-refractivity contribution in [1.82, 2.24) is 0 Å². The van der Waals surface area contributed by atoms with Crippen molar-refractivity contribution in [1.29, 1.82) is 0 Å².